The number of carbonyl (C=O) groups is 11. The molecule has 1 fully saturated rings. The number of hydrogen-bond acceptors (Lipinski definition) is 15. The molecule has 11 amide bonds. The van der Waals surface area contributed by atoms with E-state index in [1.807, 2.05) is 66.6 Å². The molecule has 0 aromatic heterocycles. The Morgan fingerprint density at radius 1 is 0.500 bits per heavy atom. The highest BCUT2D eigenvalue weighted by molar-refractivity contribution is 7.99. The summed E-state index contributed by atoms with van der Waals surface area (Å²) < 4.78 is 0. The molecule has 0 radical (unpaired) electrons. The van der Waals surface area contributed by atoms with E-state index in [4.69, 9.17) is 0 Å². The Kier molecular flexibility index (Phi) is 35.5. The first kappa shape index (κ1) is 86.2. The molecule has 13 atom stereocenters. The number of aliphatic hydroxyl groups is 2. The van der Waals surface area contributed by atoms with E-state index in [0.717, 1.165) is 14.7 Å². The first-order chi connectivity index (χ1) is 43.2. The standard InChI is InChI=1S/C68H124N12O13S/c1-28-30-31-44(13)56(81)55-67(92)73(20)47(29-2)61(86)78(25)52(38-94-33-32-72(18)19)64(89)77(24)51(37-68(16,17)93)59(84)71-53(42(9)10)65(90)74(21)48(34-39(3)4)58(83)69-45(14)57(82)70-46(15)60(85)75(22)49(35-40(5)6)62(87)76(23)50(36-41(7)8)63(88)79(26)54(43(11)12)66(91)80(55)27/h28,30,39-56,81,93H,29,31-38H2,1-27H3,(H,69,83)(H,70,82)(H,71,84)/b30-28+/t44-,45+,46-,47+,48+,49+,50+,51+,52+,53+,54+,55+,56-/m1/s1. The number of nitrogens with one attached hydrogen (secondary N) is 3. The van der Waals surface area contributed by atoms with Crippen molar-refractivity contribution in [2.45, 2.75) is 234 Å². The summed E-state index contributed by atoms with van der Waals surface area (Å²) in [5.41, 5.74) is -1.58. The monoisotopic (exact) mass is 1350 g/mol. The molecule has 0 aromatic carbocycles. The van der Waals surface area contributed by atoms with E-state index in [9.17, 15) is 34.2 Å². The van der Waals surface area contributed by atoms with Crippen LogP contribution in [0.1, 0.15) is 156 Å². The lowest BCUT2D eigenvalue weighted by atomic mass is 9.91. The molecule has 94 heavy (non-hydrogen) atoms. The largest absolute Gasteiger partial charge is 0.390 e. The van der Waals surface area contributed by atoms with E-state index >= 15 is 28.8 Å². The number of likely N-dealkylation sites (N-methyl/N-ethyl adjacent to an activating group) is 8. The van der Waals surface area contributed by atoms with Crippen LogP contribution in [0.5, 0.6) is 0 Å². The number of aliphatic hydroxyl groups excluding tert-OH is 1. The van der Waals surface area contributed by atoms with Crippen molar-refractivity contribution in [3.8, 4) is 0 Å². The summed E-state index contributed by atoms with van der Waals surface area (Å²) in [6, 6.07) is -14.3. The third-order valence-electron chi connectivity index (χ3n) is 17.8. The van der Waals surface area contributed by atoms with Crippen LogP contribution < -0.4 is 16.0 Å². The highest BCUT2D eigenvalue weighted by atomic mass is 32.2. The molecule has 540 valence electrons. The van der Waals surface area contributed by atoms with Crippen molar-refractivity contribution < 1.29 is 63.0 Å². The summed E-state index contributed by atoms with van der Waals surface area (Å²) in [6.07, 6.45) is 2.41. The molecule has 0 aromatic rings. The lowest BCUT2D eigenvalue weighted by Crippen LogP contribution is -2.64. The summed E-state index contributed by atoms with van der Waals surface area (Å²) in [5, 5.41) is 32.0. The second-order valence-electron chi connectivity index (χ2n) is 29.0. The molecule has 0 aliphatic carbocycles. The summed E-state index contributed by atoms with van der Waals surface area (Å²) >= 11 is 1.37. The molecule has 5 N–H and O–H groups in total. The van der Waals surface area contributed by atoms with Crippen molar-refractivity contribution >= 4 is 76.7 Å². The van der Waals surface area contributed by atoms with Crippen molar-refractivity contribution in [3.05, 3.63) is 12.2 Å². The number of rotatable bonds is 20. The van der Waals surface area contributed by atoms with Crippen LogP contribution in [0.2, 0.25) is 0 Å². The maximum absolute atomic E-state index is 15.5. The van der Waals surface area contributed by atoms with Gasteiger partial charge >= 0.3 is 0 Å². The van der Waals surface area contributed by atoms with Gasteiger partial charge in [0.15, 0.2) is 0 Å². The van der Waals surface area contributed by atoms with Gasteiger partial charge in [0.1, 0.15) is 66.5 Å². The Hall–Kier alpha value is -5.86. The molecule has 0 spiro atoms. The Labute approximate surface area is 567 Å². The first-order valence-electron chi connectivity index (χ1n) is 33.5. The minimum absolute atomic E-state index is 0.00258. The first-order valence-corrected chi connectivity index (χ1v) is 34.7. The summed E-state index contributed by atoms with van der Waals surface area (Å²) in [5.74, 6) is -9.59. The highest BCUT2D eigenvalue weighted by Crippen LogP contribution is 2.28. The molecule has 26 heteroatoms. The van der Waals surface area contributed by atoms with Gasteiger partial charge in [-0.15, -0.1) is 0 Å². The Balaban J connectivity index is 4.62. The number of carbonyl (C=O) groups excluding carboxylic acids is 11. The van der Waals surface area contributed by atoms with Crippen LogP contribution in [0.4, 0.5) is 0 Å². The minimum Gasteiger partial charge on any atom is -0.390 e. The third-order valence-corrected chi connectivity index (χ3v) is 18.8. The van der Waals surface area contributed by atoms with Crippen LogP contribution in [0, 0.1) is 35.5 Å². The minimum atomic E-state index is -1.64. The van der Waals surface area contributed by atoms with E-state index < -0.39 is 161 Å². The maximum atomic E-state index is 15.5. The predicted molar refractivity (Wildman–Crippen MR) is 369 cm³/mol. The molecule has 0 unspecified atom stereocenters. The topological polar surface area (TPSA) is 293 Å². The normalized spacial score (nSPS) is 26.6. The van der Waals surface area contributed by atoms with Gasteiger partial charge in [-0.05, 0) is 116 Å². The SMILES string of the molecule is C/C=C/C[C@@H](C)[C@@H](O)[C@H]1C(=O)N(C)[C@@H](CC)C(=O)N(C)[C@@H](CSCCN(C)C)C(=O)N(C)[C@@H](CC(C)(C)O)C(=O)N[C@@H](C(C)C)C(=O)N(C)[C@@H](CC(C)C)C(=O)N[C@@H](C)C(=O)N[C@H](C)C(=O)N(C)[C@@H](CC(C)C)C(=O)N(C)[C@@H](CC(C)C)C(=O)N(C)[C@@H](C(C)C)C(=O)N1C. The van der Waals surface area contributed by atoms with Crippen molar-refractivity contribution in [1.82, 2.24) is 60.0 Å². The van der Waals surface area contributed by atoms with E-state index in [1.54, 1.807) is 54.5 Å². The molecule has 1 aliphatic heterocycles. The molecule has 1 saturated heterocycles. The van der Waals surface area contributed by atoms with E-state index in [1.165, 1.54) is 120 Å². The van der Waals surface area contributed by atoms with Gasteiger partial charge in [0.2, 0.25) is 65.0 Å². The van der Waals surface area contributed by atoms with E-state index in [2.05, 4.69) is 16.0 Å². The van der Waals surface area contributed by atoms with Crippen molar-refractivity contribution in [2.75, 3.05) is 88.5 Å². The van der Waals surface area contributed by atoms with Gasteiger partial charge in [0.05, 0.1) is 11.7 Å². The fraction of sp³-hybridized carbons (Fsp3) is 0.809. The van der Waals surface area contributed by atoms with Gasteiger partial charge in [-0.2, -0.15) is 11.8 Å². The molecular weight excluding hydrogens is 1220 g/mol. The average molecular weight is 1350 g/mol. The second-order valence-corrected chi connectivity index (χ2v) is 30.1. The molecule has 1 rings (SSSR count). The number of thioether (sulfide) groups is 1. The van der Waals surface area contributed by atoms with Gasteiger partial charge in [0.25, 0.3) is 0 Å². The Morgan fingerprint density at radius 3 is 1.35 bits per heavy atom. The lowest BCUT2D eigenvalue weighted by Gasteiger charge is -2.43. The van der Waals surface area contributed by atoms with E-state index in [-0.39, 0.29) is 55.6 Å². The van der Waals surface area contributed by atoms with Gasteiger partial charge in [-0.25, -0.2) is 0 Å². The number of hydrogen-bond donors (Lipinski definition) is 5. The fourth-order valence-corrected chi connectivity index (χ4v) is 13.0. The molecule has 0 bridgehead atoms. The molecule has 1 heterocycles. The molecular formula is C68H124N12O13S. The molecule has 0 saturated carbocycles. The number of nitrogens with zero attached hydrogens (tertiary/aromatic N) is 9. The highest BCUT2D eigenvalue weighted by Gasteiger charge is 2.48. The van der Waals surface area contributed by atoms with Crippen LogP contribution in [0.15, 0.2) is 12.2 Å². The zero-order valence-electron chi connectivity index (χ0n) is 62.2. The van der Waals surface area contributed by atoms with Gasteiger partial charge in [-0.3, -0.25) is 52.7 Å². The zero-order chi connectivity index (χ0) is 73.0. The Morgan fingerprint density at radius 2 is 0.894 bits per heavy atom. The summed E-state index contributed by atoms with van der Waals surface area (Å²) in [6.45, 7) is 29.6. The van der Waals surface area contributed by atoms with Crippen LogP contribution >= 0.6 is 11.8 Å². The smallest absolute Gasteiger partial charge is 0.248 e. The number of allylic oxidation sites excluding steroid dienone is 2. The average Bonchev–Trinajstić information content (AvgIpc) is 0.800. The van der Waals surface area contributed by atoms with Crippen LogP contribution in [-0.4, -0.2) is 286 Å². The van der Waals surface area contributed by atoms with Gasteiger partial charge in [0, 0.05) is 80.9 Å². The fourth-order valence-electron chi connectivity index (χ4n) is 11.8. The predicted octanol–water partition coefficient (Wildman–Crippen LogP) is 3.39. The Bertz CT molecular complexity index is 2580. The van der Waals surface area contributed by atoms with Crippen LogP contribution in [0.25, 0.3) is 0 Å². The third kappa shape index (κ3) is 24.3. The van der Waals surface area contributed by atoms with Crippen molar-refractivity contribution in [1.29, 1.82) is 0 Å². The van der Waals surface area contributed by atoms with E-state index in [0.29, 0.717) is 18.7 Å². The van der Waals surface area contributed by atoms with Gasteiger partial charge in [-0.1, -0.05) is 95.2 Å². The molecule has 25 nitrogen and oxygen atoms in total. The maximum Gasteiger partial charge on any atom is 0.248 e. The van der Waals surface area contributed by atoms with Crippen LogP contribution in [0.3, 0.4) is 0 Å². The van der Waals surface area contributed by atoms with Crippen LogP contribution in [-0.2, 0) is 52.7 Å². The van der Waals surface area contributed by atoms with Crippen molar-refractivity contribution in [3.63, 3.8) is 0 Å². The zero-order valence-corrected chi connectivity index (χ0v) is 63.0. The molecule has 1 aliphatic rings. The summed E-state index contributed by atoms with van der Waals surface area (Å²) in [7, 11) is 15.1. The van der Waals surface area contributed by atoms with Crippen molar-refractivity contribution in [2.24, 2.45) is 35.5 Å². The number of amides is 11. The summed E-state index contributed by atoms with van der Waals surface area (Å²) in [4.78, 5) is 176. The van der Waals surface area contributed by atoms with Gasteiger partial charge < -0.3 is 70.3 Å². The lowest BCUT2D eigenvalue weighted by molar-refractivity contribution is -0.161. The second kappa shape index (κ2) is 38.8. The quantitative estimate of drug-likeness (QED) is 0.0863.